The standard InChI is InChI=1S/C23H26F2N2O2/c24-18-7-5-16(6-8-18)20-13-19(26-15-17-3-1-2-4-22(17)25)14-21(20)23(28)27-9-11-29-12-10-27/h1-8,19-21,26H,9-15H2/t19-,20+,21-/m0/s1. The summed E-state index contributed by atoms with van der Waals surface area (Å²) in [7, 11) is 0. The van der Waals surface area contributed by atoms with Gasteiger partial charge >= 0.3 is 0 Å². The number of hydrogen-bond acceptors (Lipinski definition) is 3. The molecule has 0 unspecified atom stereocenters. The molecule has 2 aliphatic rings. The normalized spacial score (nSPS) is 24.6. The Morgan fingerprint density at radius 1 is 1.03 bits per heavy atom. The van der Waals surface area contributed by atoms with Crippen LogP contribution in [0.1, 0.15) is 29.9 Å². The third-order valence-electron chi connectivity index (χ3n) is 6.04. The molecule has 2 aromatic rings. The number of carbonyl (C=O) groups is 1. The molecule has 0 aromatic heterocycles. The van der Waals surface area contributed by atoms with E-state index >= 15 is 0 Å². The summed E-state index contributed by atoms with van der Waals surface area (Å²) in [6.07, 6.45) is 1.45. The SMILES string of the molecule is O=C([C@H]1C[C@@H](NCc2ccccc2F)C[C@@H]1c1ccc(F)cc1)N1CCOCC1. The number of halogens is 2. The summed E-state index contributed by atoms with van der Waals surface area (Å²) in [5.74, 6) is -0.524. The highest BCUT2D eigenvalue weighted by molar-refractivity contribution is 5.80. The first-order valence-electron chi connectivity index (χ1n) is 10.2. The number of ether oxygens (including phenoxy) is 1. The van der Waals surface area contributed by atoms with Crippen molar-refractivity contribution in [2.75, 3.05) is 26.3 Å². The van der Waals surface area contributed by atoms with Crippen LogP contribution in [0.2, 0.25) is 0 Å². The van der Waals surface area contributed by atoms with Crippen molar-refractivity contribution in [3.8, 4) is 0 Å². The van der Waals surface area contributed by atoms with E-state index in [2.05, 4.69) is 5.32 Å². The first kappa shape index (κ1) is 20.0. The van der Waals surface area contributed by atoms with Gasteiger partial charge in [-0.05, 0) is 42.5 Å². The first-order valence-corrected chi connectivity index (χ1v) is 10.2. The summed E-state index contributed by atoms with van der Waals surface area (Å²) in [5.41, 5.74) is 1.60. The van der Waals surface area contributed by atoms with Gasteiger partial charge in [0.15, 0.2) is 0 Å². The van der Waals surface area contributed by atoms with Gasteiger partial charge in [0.25, 0.3) is 0 Å². The Morgan fingerprint density at radius 2 is 1.76 bits per heavy atom. The maximum atomic E-state index is 13.9. The number of morpholine rings is 1. The van der Waals surface area contributed by atoms with Crippen LogP contribution in [0.15, 0.2) is 48.5 Å². The molecule has 1 aliphatic carbocycles. The van der Waals surface area contributed by atoms with E-state index < -0.39 is 0 Å². The monoisotopic (exact) mass is 400 g/mol. The van der Waals surface area contributed by atoms with E-state index in [0.29, 0.717) is 44.8 Å². The summed E-state index contributed by atoms with van der Waals surface area (Å²) in [6.45, 7) is 2.77. The van der Waals surface area contributed by atoms with E-state index in [4.69, 9.17) is 4.74 Å². The third-order valence-corrected chi connectivity index (χ3v) is 6.04. The average Bonchev–Trinajstić information content (AvgIpc) is 3.18. The lowest BCUT2D eigenvalue weighted by Crippen LogP contribution is -2.44. The molecule has 4 rings (SSSR count). The Morgan fingerprint density at radius 3 is 2.48 bits per heavy atom. The highest BCUT2D eigenvalue weighted by Gasteiger charge is 2.41. The zero-order valence-electron chi connectivity index (χ0n) is 16.3. The third kappa shape index (κ3) is 4.65. The number of hydrogen-bond donors (Lipinski definition) is 1. The minimum absolute atomic E-state index is 0.0177. The predicted octanol–water partition coefficient (Wildman–Crippen LogP) is 3.48. The van der Waals surface area contributed by atoms with Crippen LogP contribution in [0.5, 0.6) is 0 Å². The van der Waals surface area contributed by atoms with Crippen LogP contribution in [-0.4, -0.2) is 43.2 Å². The Bertz CT molecular complexity index is 837. The maximum absolute atomic E-state index is 13.9. The van der Waals surface area contributed by atoms with E-state index in [9.17, 15) is 13.6 Å². The van der Waals surface area contributed by atoms with Crippen LogP contribution in [0.4, 0.5) is 8.78 Å². The summed E-state index contributed by atoms with van der Waals surface area (Å²) < 4.78 is 32.7. The Balaban J connectivity index is 1.49. The summed E-state index contributed by atoms with van der Waals surface area (Å²) >= 11 is 0. The van der Waals surface area contributed by atoms with Gasteiger partial charge in [0.2, 0.25) is 5.91 Å². The van der Waals surface area contributed by atoms with Gasteiger partial charge in [-0.25, -0.2) is 8.78 Å². The van der Waals surface area contributed by atoms with Gasteiger partial charge in [-0.1, -0.05) is 30.3 Å². The molecule has 1 N–H and O–H groups in total. The lowest BCUT2D eigenvalue weighted by molar-refractivity contribution is -0.140. The van der Waals surface area contributed by atoms with Gasteiger partial charge < -0.3 is 15.0 Å². The molecule has 2 fully saturated rings. The van der Waals surface area contributed by atoms with Gasteiger partial charge in [-0.2, -0.15) is 0 Å². The minimum atomic E-state index is -0.281. The van der Waals surface area contributed by atoms with Gasteiger partial charge in [0.1, 0.15) is 11.6 Å². The number of rotatable bonds is 5. The molecule has 0 radical (unpaired) electrons. The molecule has 1 saturated heterocycles. The lowest BCUT2D eigenvalue weighted by atomic mass is 9.88. The molecule has 2 aromatic carbocycles. The second kappa shape index (κ2) is 9.01. The van der Waals surface area contributed by atoms with Crippen molar-refractivity contribution in [3.63, 3.8) is 0 Å². The van der Waals surface area contributed by atoms with E-state index in [0.717, 1.165) is 12.0 Å². The number of benzene rings is 2. The Labute approximate surface area is 169 Å². The Kier molecular flexibility index (Phi) is 6.21. The van der Waals surface area contributed by atoms with E-state index in [1.54, 1.807) is 24.3 Å². The summed E-state index contributed by atoms with van der Waals surface area (Å²) in [4.78, 5) is 15.1. The van der Waals surface area contributed by atoms with Gasteiger partial charge in [-0.15, -0.1) is 0 Å². The smallest absolute Gasteiger partial charge is 0.226 e. The van der Waals surface area contributed by atoms with Crippen LogP contribution in [0.25, 0.3) is 0 Å². The fraction of sp³-hybridized carbons (Fsp3) is 0.435. The van der Waals surface area contributed by atoms with Gasteiger partial charge in [0, 0.05) is 37.2 Å². The molecule has 1 amide bonds. The van der Waals surface area contributed by atoms with Crippen molar-refractivity contribution in [1.29, 1.82) is 0 Å². The van der Waals surface area contributed by atoms with Gasteiger partial charge in [0.05, 0.1) is 13.2 Å². The maximum Gasteiger partial charge on any atom is 0.226 e. The fourth-order valence-electron chi connectivity index (χ4n) is 4.47. The Hall–Kier alpha value is -2.31. The number of amides is 1. The first-order chi connectivity index (χ1) is 14.1. The zero-order chi connectivity index (χ0) is 20.2. The minimum Gasteiger partial charge on any atom is -0.378 e. The summed E-state index contributed by atoms with van der Waals surface area (Å²) in [6, 6.07) is 13.3. The molecule has 4 nitrogen and oxygen atoms in total. The topological polar surface area (TPSA) is 41.6 Å². The fourth-order valence-corrected chi connectivity index (χ4v) is 4.47. The molecule has 1 saturated carbocycles. The second-order valence-corrected chi connectivity index (χ2v) is 7.84. The highest BCUT2D eigenvalue weighted by Crippen LogP contribution is 2.41. The molecule has 1 aliphatic heterocycles. The average molecular weight is 400 g/mol. The van der Waals surface area contributed by atoms with Crippen LogP contribution < -0.4 is 5.32 Å². The molecule has 6 heteroatoms. The van der Waals surface area contributed by atoms with Crippen molar-refractivity contribution >= 4 is 5.91 Å². The van der Waals surface area contributed by atoms with Crippen molar-refractivity contribution in [2.24, 2.45) is 5.92 Å². The highest BCUT2D eigenvalue weighted by atomic mass is 19.1. The quantitative estimate of drug-likeness (QED) is 0.836. The molecule has 29 heavy (non-hydrogen) atoms. The van der Waals surface area contributed by atoms with Crippen molar-refractivity contribution in [3.05, 3.63) is 71.3 Å². The van der Waals surface area contributed by atoms with E-state index in [-0.39, 0.29) is 35.4 Å². The summed E-state index contributed by atoms with van der Waals surface area (Å²) in [5, 5.41) is 3.43. The zero-order valence-corrected chi connectivity index (χ0v) is 16.3. The predicted molar refractivity (Wildman–Crippen MR) is 106 cm³/mol. The van der Waals surface area contributed by atoms with Crippen LogP contribution in [-0.2, 0) is 16.1 Å². The second-order valence-electron chi connectivity index (χ2n) is 7.84. The van der Waals surface area contributed by atoms with E-state index in [1.807, 2.05) is 11.0 Å². The molecule has 1 heterocycles. The largest absolute Gasteiger partial charge is 0.378 e. The molecular weight excluding hydrogens is 374 g/mol. The lowest BCUT2D eigenvalue weighted by Gasteiger charge is -2.31. The molecule has 3 atom stereocenters. The molecule has 154 valence electrons. The molecule has 0 bridgehead atoms. The van der Waals surface area contributed by atoms with Crippen molar-refractivity contribution in [2.45, 2.75) is 31.3 Å². The number of nitrogens with zero attached hydrogens (tertiary/aromatic N) is 1. The molecular formula is C23H26F2N2O2. The number of carbonyl (C=O) groups excluding carboxylic acids is 1. The van der Waals surface area contributed by atoms with Crippen LogP contribution in [0, 0.1) is 17.6 Å². The van der Waals surface area contributed by atoms with Crippen LogP contribution >= 0.6 is 0 Å². The van der Waals surface area contributed by atoms with Gasteiger partial charge in [-0.3, -0.25) is 4.79 Å². The number of nitrogens with one attached hydrogen (secondary N) is 1. The molecule has 0 spiro atoms. The van der Waals surface area contributed by atoms with Crippen molar-refractivity contribution < 1.29 is 18.3 Å². The van der Waals surface area contributed by atoms with Crippen molar-refractivity contribution in [1.82, 2.24) is 10.2 Å². The van der Waals surface area contributed by atoms with E-state index in [1.165, 1.54) is 18.2 Å². The van der Waals surface area contributed by atoms with Crippen LogP contribution in [0.3, 0.4) is 0 Å².